The van der Waals surface area contributed by atoms with E-state index in [0.29, 0.717) is 0 Å². The molecule has 4 nitrogen and oxygen atoms in total. The Bertz CT molecular complexity index is 4080. The lowest BCUT2D eigenvalue weighted by Gasteiger charge is -2.12. The van der Waals surface area contributed by atoms with Gasteiger partial charge in [-0.15, -0.1) is 0 Å². The van der Waals surface area contributed by atoms with Gasteiger partial charge in [-0.3, -0.25) is 0 Å². The van der Waals surface area contributed by atoms with E-state index in [1.165, 1.54) is 82.3 Å². The summed E-state index contributed by atoms with van der Waals surface area (Å²) in [7, 11) is 0. The molecule has 4 heteroatoms. The maximum atomic E-state index is 6.60. The third-order valence-corrected chi connectivity index (χ3v) is 12.9. The number of benzene rings is 9. The van der Waals surface area contributed by atoms with Crippen LogP contribution in [0, 0.1) is 6.92 Å². The largest absolute Gasteiger partial charge is 0.455 e. The van der Waals surface area contributed by atoms with Crippen LogP contribution in [-0.4, -0.2) is 8.97 Å². The molecule has 14 rings (SSSR count). The Hall–Kier alpha value is -7.82. The summed E-state index contributed by atoms with van der Waals surface area (Å²) in [6, 6.07) is 63.7. The normalized spacial score (nSPS) is 12.5. The predicted molar refractivity (Wildman–Crippen MR) is 246 cm³/mol. The lowest BCUT2D eigenvalue weighted by molar-refractivity contribution is 0.672. The van der Waals surface area contributed by atoms with Crippen molar-refractivity contribution in [3.05, 3.63) is 181 Å². The molecule has 0 N–H and O–H groups in total. The Morgan fingerprint density at radius 3 is 1.63 bits per heavy atom. The molecule has 0 aliphatic heterocycles. The number of fused-ring (bicyclic) bond motifs is 17. The van der Waals surface area contributed by atoms with Gasteiger partial charge in [0, 0.05) is 48.8 Å². The van der Waals surface area contributed by atoms with Crippen molar-refractivity contribution in [1.29, 1.82) is 0 Å². The zero-order valence-corrected chi connectivity index (χ0v) is 32.0. The number of para-hydroxylation sites is 4. The molecule has 0 atom stereocenters. The highest BCUT2D eigenvalue weighted by Gasteiger charge is 2.24. The zero-order chi connectivity index (χ0) is 38.5. The molecular formula is C55H32N2O2. The Balaban J connectivity index is 0.907. The Labute approximate surface area is 336 Å². The van der Waals surface area contributed by atoms with Crippen LogP contribution in [0.25, 0.3) is 132 Å². The Morgan fingerprint density at radius 1 is 0.356 bits per heavy atom. The highest BCUT2D eigenvalue weighted by atomic mass is 16.3. The van der Waals surface area contributed by atoms with Crippen molar-refractivity contribution in [3.8, 4) is 27.9 Å². The van der Waals surface area contributed by atoms with Crippen molar-refractivity contribution in [2.24, 2.45) is 0 Å². The smallest absolute Gasteiger partial charge is 0.145 e. The number of hydrogen-bond donors (Lipinski definition) is 0. The summed E-state index contributed by atoms with van der Waals surface area (Å²) in [5.74, 6) is 0. The summed E-state index contributed by atoms with van der Waals surface area (Å²) in [6.07, 6.45) is 0. The highest BCUT2D eigenvalue weighted by molar-refractivity contribution is 6.33. The molecule has 274 valence electrons. The van der Waals surface area contributed by atoms with Gasteiger partial charge in [-0.1, -0.05) is 109 Å². The van der Waals surface area contributed by atoms with Crippen LogP contribution in [0.1, 0.15) is 5.56 Å². The van der Waals surface area contributed by atoms with E-state index in [0.717, 1.165) is 55.0 Å². The minimum atomic E-state index is 0.919. The van der Waals surface area contributed by atoms with Gasteiger partial charge in [-0.2, -0.15) is 0 Å². The van der Waals surface area contributed by atoms with Crippen LogP contribution >= 0.6 is 0 Å². The molecule has 0 aliphatic rings. The molecule has 59 heavy (non-hydrogen) atoms. The van der Waals surface area contributed by atoms with E-state index in [4.69, 9.17) is 8.83 Å². The van der Waals surface area contributed by atoms with Crippen molar-refractivity contribution in [2.75, 3.05) is 0 Å². The summed E-state index contributed by atoms with van der Waals surface area (Å²) in [5.41, 5.74) is 16.8. The maximum absolute atomic E-state index is 6.60. The summed E-state index contributed by atoms with van der Waals surface area (Å²) in [6.45, 7) is 2.22. The van der Waals surface area contributed by atoms with Crippen LogP contribution in [-0.2, 0) is 0 Å². The van der Waals surface area contributed by atoms with Gasteiger partial charge in [0.25, 0.3) is 0 Å². The second-order valence-electron chi connectivity index (χ2n) is 16.1. The van der Waals surface area contributed by atoms with Gasteiger partial charge in [-0.25, -0.2) is 0 Å². The lowest BCUT2D eigenvalue weighted by Crippen LogP contribution is -1.95. The van der Waals surface area contributed by atoms with E-state index >= 15 is 0 Å². The van der Waals surface area contributed by atoms with Crippen LogP contribution in [0.4, 0.5) is 0 Å². The van der Waals surface area contributed by atoms with E-state index in [1.807, 2.05) is 12.1 Å². The fraction of sp³-hybridized carbons (Fsp3) is 0.0182. The van der Waals surface area contributed by atoms with Gasteiger partial charge in [0.05, 0.1) is 38.4 Å². The Morgan fingerprint density at radius 2 is 0.898 bits per heavy atom. The average Bonchev–Trinajstić information content (AvgIpc) is 4.09. The topological polar surface area (TPSA) is 35.6 Å². The van der Waals surface area contributed by atoms with Gasteiger partial charge < -0.3 is 17.8 Å². The summed E-state index contributed by atoms with van der Waals surface area (Å²) in [4.78, 5) is 0. The van der Waals surface area contributed by atoms with E-state index in [9.17, 15) is 0 Å². The fourth-order valence-electron chi connectivity index (χ4n) is 10.4. The van der Waals surface area contributed by atoms with Gasteiger partial charge in [0.1, 0.15) is 22.3 Å². The van der Waals surface area contributed by atoms with Gasteiger partial charge in [0.15, 0.2) is 0 Å². The second kappa shape index (κ2) is 11.2. The first-order valence-corrected chi connectivity index (χ1v) is 20.3. The van der Waals surface area contributed by atoms with Crippen molar-refractivity contribution < 1.29 is 8.83 Å². The predicted octanol–water partition coefficient (Wildman–Crippen LogP) is 15.4. The third-order valence-electron chi connectivity index (χ3n) is 12.9. The molecule has 0 radical (unpaired) electrons. The lowest BCUT2D eigenvalue weighted by atomic mass is 9.97. The van der Waals surface area contributed by atoms with Gasteiger partial charge >= 0.3 is 0 Å². The minimum absolute atomic E-state index is 0.919. The molecule has 0 saturated heterocycles. The van der Waals surface area contributed by atoms with Crippen LogP contribution in [0.15, 0.2) is 185 Å². The Kier molecular flexibility index (Phi) is 5.93. The molecule has 0 bridgehead atoms. The third kappa shape index (κ3) is 4.07. The summed E-state index contributed by atoms with van der Waals surface area (Å²) < 4.78 is 18.0. The molecule has 0 fully saturated rings. The SMILES string of the molecule is Cc1cc2c3ccccc3oc2c2c3ccccc3n(-c3ccc(-c4cccc(-c5ccc6c(c5)c5cc7c8ccccc8oc7c7c8ccccc8n6c57)c4)cc3)c12. The summed E-state index contributed by atoms with van der Waals surface area (Å²) in [5, 5.41) is 11.9. The minimum Gasteiger partial charge on any atom is -0.455 e. The quantitative estimate of drug-likeness (QED) is 0.180. The zero-order valence-electron chi connectivity index (χ0n) is 32.0. The number of hydrogen-bond acceptors (Lipinski definition) is 2. The maximum Gasteiger partial charge on any atom is 0.145 e. The molecular weight excluding hydrogens is 721 g/mol. The van der Waals surface area contributed by atoms with Crippen LogP contribution < -0.4 is 0 Å². The molecule has 5 heterocycles. The average molecular weight is 753 g/mol. The fourth-order valence-corrected chi connectivity index (χ4v) is 10.4. The van der Waals surface area contributed by atoms with Gasteiger partial charge in [-0.05, 0) is 101 Å². The van der Waals surface area contributed by atoms with E-state index in [2.05, 4.69) is 180 Å². The van der Waals surface area contributed by atoms with Crippen molar-refractivity contribution in [1.82, 2.24) is 8.97 Å². The van der Waals surface area contributed by atoms with Crippen molar-refractivity contribution in [2.45, 2.75) is 6.92 Å². The molecule has 0 amide bonds. The first-order chi connectivity index (χ1) is 29.2. The van der Waals surface area contributed by atoms with E-state index in [-0.39, 0.29) is 0 Å². The van der Waals surface area contributed by atoms with Crippen molar-refractivity contribution in [3.63, 3.8) is 0 Å². The molecule has 9 aromatic carbocycles. The van der Waals surface area contributed by atoms with Crippen molar-refractivity contribution >= 4 is 104 Å². The number of furan rings is 2. The molecule has 0 spiro atoms. The van der Waals surface area contributed by atoms with Gasteiger partial charge in [0.2, 0.25) is 0 Å². The van der Waals surface area contributed by atoms with E-state index < -0.39 is 0 Å². The second-order valence-corrected chi connectivity index (χ2v) is 16.1. The molecule has 0 saturated carbocycles. The number of rotatable bonds is 3. The highest BCUT2D eigenvalue weighted by Crippen LogP contribution is 2.47. The first-order valence-electron chi connectivity index (χ1n) is 20.3. The first kappa shape index (κ1) is 31.3. The van der Waals surface area contributed by atoms with Crippen LogP contribution in [0.2, 0.25) is 0 Å². The summed E-state index contributed by atoms with van der Waals surface area (Å²) >= 11 is 0. The monoisotopic (exact) mass is 752 g/mol. The number of nitrogens with zero attached hydrogens (tertiary/aromatic N) is 2. The standard InChI is InChI=1S/C55H32N2O2/c1-31-27-43-37-13-4-8-19-48(37)58-54(43)50-39-15-2-6-17-45(39)56(52(31)50)36-24-21-32(22-25-36)33-11-10-12-34(28-33)35-23-26-47-41(29-35)42-30-44-38-14-5-9-20-49(38)59-55(44)51-40-16-3-7-18-46(40)57(47)53(42)51/h2-30H,1H3. The molecule has 0 aliphatic carbocycles. The van der Waals surface area contributed by atoms with Crippen LogP contribution in [0.3, 0.4) is 0 Å². The molecule has 5 aromatic heterocycles. The number of aryl methyl sites for hydroxylation is 1. The molecule has 0 unspecified atom stereocenters. The van der Waals surface area contributed by atoms with E-state index in [1.54, 1.807) is 0 Å². The molecule has 14 aromatic rings. The number of aromatic nitrogens is 2. The van der Waals surface area contributed by atoms with Crippen LogP contribution in [0.5, 0.6) is 0 Å².